The Balaban J connectivity index is 2.03. The first-order chi connectivity index (χ1) is 9.47. The second-order valence-electron chi connectivity index (χ2n) is 5.98. The maximum Gasteiger partial charge on any atom is 0.253 e. The van der Waals surface area contributed by atoms with Gasteiger partial charge in [-0.15, -0.1) is 0 Å². The average Bonchev–Trinajstić information content (AvgIpc) is 2.42. The number of carbonyl (C=O) groups excluding carboxylic acids is 1. The Morgan fingerprint density at radius 2 is 2.15 bits per heavy atom. The topological polar surface area (TPSA) is 35.6 Å². The Morgan fingerprint density at radius 1 is 1.40 bits per heavy atom. The van der Waals surface area contributed by atoms with E-state index in [9.17, 15) is 4.79 Å². The molecule has 4 nitrogen and oxygen atoms in total. The van der Waals surface area contributed by atoms with Gasteiger partial charge in [0.05, 0.1) is 0 Å². The van der Waals surface area contributed by atoms with Crippen molar-refractivity contribution < 1.29 is 4.79 Å². The van der Waals surface area contributed by atoms with E-state index in [0.29, 0.717) is 12.1 Å². The zero-order chi connectivity index (χ0) is 14.7. The third-order valence-corrected chi connectivity index (χ3v) is 4.09. The van der Waals surface area contributed by atoms with Crippen LogP contribution < -0.4 is 5.32 Å². The molecular weight excluding hydrogens is 250 g/mol. The standard InChI is InChI=1S/C16H25N3O/c1-12-10-15(8-9-19(12)4)17-14-7-5-6-13(11-14)16(20)18(2)3/h5-7,11-12,15,17H,8-10H2,1-4H3. The van der Waals surface area contributed by atoms with Crippen LogP contribution in [0.5, 0.6) is 0 Å². The number of nitrogens with one attached hydrogen (secondary N) is 1. The molecular formula is C16H25N3O. The molecule has 1 N–H and O–H groups in total. The van der Waals surface area contributed by atoms with Gasteiger partial charge in [0.1, 0.15) is 0 Å². The predicted molar refractivity (Wildman–Crippen MR) is 83.2 cm³/mol. The largest absolute Gasteiger partial charge is 0.382 e. The molecule has 2 atom stereocenters. The normalized spacial score (nSPS) is 23.4. The summed E-state index contributed by atoms with van der Waals surface area (Å²) in [7, 11) is 5.74. The third-order valence-electron chi connectivity index (χ3n) is 4.09. The van der Waals surface area contributed by atoms with Gasteiger partial charge in [-0.25, -0.2) is 0 Å². The first kappa shape index (κ1) is 14.9. The number of carbonyl (C=O) groups is 1. The fourth-order valence-electron chi connectivity index (χ4n) is 2.66. The lowest BCUT2D eigenvalue weighted by molar-refractivity contribution is 0.0827. The number of hydrogen-bond acceptors (Lipinski definition) is 3. The van der Waals surface area contributed by atoms with Crippen LogP contribution in [0.25, 0.3) is 0 Å². The van der Waals surface area contributed by atoms with Gasteiger partial charge < -0.3 is 15.1 Å². The first-order valence-electron chi connectivity index (χ1n) is 7.26. The highest BCUT2D eigenvalue weighted by molar-refractivity contribution is 5.94. The van der Waals surface area contributed by atoms with Crippen molar-refractivity contribution in [3.63, 3.8) is 0 Å². The fourth-order valence-corrected chi connectivity index (χ4v) is 2.66. The summed E-state index contributed by atoms with van der Waals surface area (Å²) in [5.41, 5.74) is 1.78. The highest BCUT2D eigenvalue weighted by atomic mass is 16.2. The fraction of sp³-hybridized carbons (Fsp3) is 0.562. The molecule has 0 spiro atoms. The number of nitrogens with zero attached hydrogens (tertiary/aromatic N) is 2. The molecule has 0 aromatic heterocycles. The summed E-state index contributed by atoms with van der Waals surface area (Å²) in [6, 6.07) is 8.89. The molecule has 1 heterocycles. The molecule has 2 unspecified atom stereocenters. The lowest BCUT2D eigenvalue weighted by Gasteiger charge is -2.35. The highest BCUT2D eigenvalue weighted by Gasteiger charge is 2.22. The number of rotatable bonds is 3. The van der Waals surface area contributed by atoms with E-state index < -0.39 is 0 Å². The summed E-state index contributed by atoms with van der Waals surface area (Å²) in [6.45, 7) is 3.38. The second-order valence-corrected chi connectivity index (χ2v) is 5.98. The van der Waals surface area contributed by atoms with Gasteiger partial charge in [0.25, 0.3) is 5.91 Å². The summed E-state index contributed by atoms with van der Waals surface area (Å²) < 4.78 is 0. The smallest absolute Gasteiger partial charge is 0.253 e. The summed E-state index contributed by atoms with van der Waals surface area (Å²) in [5.74, 6) is 0.0467. The van der Waals surface area contributed by atoms with E-state index in [4.69, 9.17) is 0 Å². The van der Waals surface area contributed by atoms with E-state index in [-0.39, 0.29) is 5.91 Å². The number of likely N-dealkylation sites (tertiary alicyclic amines) is 1. The van der Waals surface area contributed by atoms with Crippen LogP contribution in [0.3, 0.4) is 0 Å². The van der Waals surface area contributed by atoms with E-state index in [1.165, 1.54) is 0 Å². The molecule has 1 aliphatic rings. The summed E-state index contributed by atoms with van der Waals surface area (Å²) in [4.78, 5) is 16.0. The Morgan fingerprint density at radius 3 is 2.80 bits per heavy atom. The molecule has 1 saturated heterocycles. The number of hydrogen-bond donors (Lipinski definition) is 1. The van der Waals surface area contributed by atoms with Gasteiger partial charge in [-0.2, -0.15) is 0 Å². The van der Waals surface area contributed by atoms with E-state index in [0.717, 1.165) is 30.6 Å². The summed E-state index contributed by atoms with van der Waals surface area (Å²) >= 11 is 0. The lowest BCUT2D eigenvalue weighted by Crippen LogP contribution is -2.42. The van der Waals surface area contributed by atoms with Crippen LogP contribution in [0.1, 0.15) is 30.1 Å². The highest BCUT2D eigenvalue weighted by Crippen LogP contribution is 2.20. The van der Waals surface area contributed by atoms with Gasteiger partial charge in [0, 0.05) is 44.0 Å². The minimum atomic E-state index is 0.0467. The first-order valence-corrected chi connectivity index (χ1v) is 7.26. The van der Waals surface area contributed by atoms with E-state index in [1.807, 2.05) is 24.3 Å². The molecule has 1 aliphatic heterocycles. The van der Waals surface area contributed by atoms with Crippen molar-refractivity contribution in [2.45, 2.75) is 31.8 Å². The van der Waals surface area contributed by atoms with Crippen LogP contribution in [0, 0.1) is 0 Å². The Kier molecular flexibility index (Phi) is 4.65. The molecule has 1 aromatic carbocycles. The van der Waals surface area contributed by atoms with Gasteiger partial charge in [0.2, 0.25) is 0 Å². The monoisotopic (exact) mass is 275 g/mol. The molecule has 0 bridgehead atoms. The molecule has 1 aromatic rings. The molecule has 2 rings (SSSR count). The van der Waals surface area contributed by atoms with Gasteiger partial charge in [0.15, 0.2) is 0 Å². The second kappa shape index (κ2) is 6.27. The molecule has 20 heavy (non-hydrogen) atoms. The zero-order valence-electron chi connectivity index (χ0n) is 12.9. The quantitative estimate of drug-likeness (QED) is 0.919. The average molecular weight is 275 g/mol. The van der Waals surface area contributed by atoms with Crippen LogP contribution in [0.2, 0.25) is 0 Å². The Labute approximate surface area is 121 Å². The van der Waals surface area contributed by atoms with Crippen molar-refractivity contribution >= 4 is 11.6 Å². The van der Waals surface area contributed by atoms with Crippen molar-refractivity contribution in [1.82, 2.24) is 9.80 Å². The van der Waals surface area contributed by atoms with E-state index >= 15 is 0 Å². The number of benzene rings is 1. The molecule has 0 saturated carbocycles. The van der Waals surface area contributed by atoms with Crippen molar-refractivity contribution in [3.8, 4) is 0 Å². The van der Waals surface area contributed by atoms with Crippen LogP contribution in [0.15, 0.2) is 24.3 Å². The van der Waals surface area contributed by atoms with Gasteiger partial charge in [-0.1, -0.05) is 6.07 Å². The maximum absolute atomic E-state index is 12.0. The van der Waals surface area contributed by atoms with Crippen molar-refractivity contribution in [2.75, 3.05) is 33.0 Å². The summed E-state index contributed by atoms with van der Waals surface area (Å²) in [6.07, 6.45) is 2.29. The van der Waals surface area contributed by atoms with Crippen LogP contribution >= 0.6 is 0 Å². The van der Waals surface area contributed by atoms with E-state index in [2.05, 4.69) is 24.2 Å². The Bertz CT molecular complexity index is 473. The van der Waals surface area contributed by atoms with Crippen LogP contribution in [-0.4, -0.2) is 55.5 Å². The summed E-state index contributed by atoms with van der Waals surface area (Å²) in [5, 5.41) is 3.57. The van der Waals surface area contributed by atoms with E-state index in [1.54, 1.807) is 19.0 Å². The van der Waals surface area contributed by atoms with Gasteiger partial charge >= 0.3 is 0 Å². The maximum atomic E-state index is 12.0. The zero-order valence-corrected chi connectivity index (χ0v) is 12.9. The van der Waals surface area contributed by atoms with Crippen molar-refractivity contribution in [3.05, 3.63) is 29.8 Å². The number of piperidine rings is 1. The molecule has 1 amide bonds. The predicted octanol–water partition coefficient (Wildman–Crippen LogP) is 2.28. The van der Waals surface area contributed by atoms with Crippen LogP contribution in [0.4, 0.5) is 5.69 Å². The number of anilines is 1. The minimum Gasteiger partial charge on any atom is -0.382 e. The molecule has 110 valence electrons. The van der Waals surface area contributed by atoms with Crippen molar-refractivity contribution in [1.29, 1.82) is 0 Å². The van der Waals surface area contributed by atoms with Gasteiger partial charge in [-0.05, 0) is 45.0 Å². The Hall–Kier alpha value is -1.55. The number of amides is 1. The molecule has 4 heteroatoms. The lowest BCUT2D eigenvalue weighted by atomic mass is 9.98. The van der Waals surface area contributed by atoms with Crippen molar-refractivity contribution in [2.24, 2.45) is 0 Å². The third kappa shape index (κ3) is 3.51. The minimum absolute atomic E-state index is 0.0467. The molecule has 0 aliphatic carbocycles. The molecule has 1 fully saturated rings. The molecule has 0 radical (unpaired) electrons. The van der Waals surface area contributed by atoms with Crippen LogP contribution in [-0.2, 0) is 0 Å². The SMILES string of the molecule is CC1CC(Nc2cccc(C(=O)N(C)C)c2)CCN1C. The van der Waals surface area contributed by atoms with Gasteiger partial charge in [-0.3, -0.25) is 4.79 Å².